The van der Waals surface area contributed by atoms with Crippen molar-refractivity contribution >= 4 is 72.4 Å². The Kier molecular flexibility index (Phi) is 8.87. The molecule has 0 saturated carbocycles. The van der Waals surface area contributed by atoms with Crippen LogP contribution in [-0.2, 0) is 0 Å². The molecule has 0 N–H and O–H groups in total. The van der Waals surface area contributed by atoms with Gasteiger partial charge in [0.1, 0.15) is 0 Å². The fourth-order valence-corrected chi connectivity index (χ4v) is 15.4. The zero-order valence-electron chi connectivity index (χ0n) is 34.6. The molecule has 12 aromatic rings. The van der Waals surface area contributed by atoms with Crippen LogP contribution >= 0.6 is 0 Å². The zero-order chi connectivity index (χ0) is 41.7. The van der Waals surface area contributed by atoms with Crippen molar-refractivity contribution in [2.24, 2.45) is 0 Å². The van der Waals surface area contributed by atoms with Crippen molar-refractivity contribution < 1.29 is 0 Å². The van der Waals surface area contributed by atoms with Crippen LogP contribution in [0, 0.1) is 0 Å². The molecule has 0 aliphatic carbocycles. The minimum Gasteiger partial charge on any atom is -0.309 e. The summed E-state index contributed by atoms with van der Waals surface area (Å²) in [6, 6.07) is 94.3. The Morgan fingerprint density at radius 3 is 1.38 bits per heavy atom. The molecule has 296 valence electrons. The average molecular weight is 819 g/mol. The molecule has 2 nitrogen and oxygen atoms in total. The first-order valence-corrected chi connectivity index (χ1v) is 23.8. The van der Waals surface area contributed by atoms with E-state index in [-0.39, 0.29) is 0 Å². The second kappa shape index (κ2) is 15.2. The molecular formula is C60H42N2Si. The summed E-state index contributed by atoms with van der Waals surface area (Å²) in [6.45, 7) is 0. The van der Waals surface area contributed by atoms with Gasteiger partial charge in [-0.2, -0.15) is 0 Å². The van der Waals surface area contributed by atoms with Gasteiger partial charge in [-0.1, -0.05) is 231 Å². The number of nitrogens with zero attached hydrogens (tertiary/aromatic N) is 2. The summed E-state index contributed by atoms with van der Waals surface area (Å²) in [5, 5.41) is 10.4. The molecule has 0 fully saturated rings. The van der Waals surface area contributed by atoms with Crippen molar-refractivity contribution in [2.75, 3.05) is 0 Å². The molecule has 0 spiro atoms. The molecule has 0 aliphatic rings. The smallest absolute Gasteiger partial charge is 0.181 e. The van der Waals surface area contributed by atoms with E-state index in [0.717, 1.165) is 16.9 Å². The minimum absolute atomic E-state index is 1.13. The molecule has 0 amide bonds. The van der Waals surface area contributed by atoms with Gasteiger partial charge in [0, 0.05) is 38.4 Å². The van der Waals surface area contributed by atoms with Crippen LogP contribution in [0.25, 0.3) is 77.2 Å². The first kappa shape index (κ1) is 36.8. The number of fused-ring (bicyclic) bond motifs is 6. The Hall–Kier alpha value is -7.98. The fraction of sp³-hybridized carbons (Fsp3) is 0. The van der Waals surface area contributed by atoms with Gasteiger partial charge in [0.2, 0.25) is 0 Å². The summed E-state index contributed by atoms with van der Waals surface area (Å²) in [5.74, 6) is 0. The van der Waals surface area contributed by atoms with Crippen LogP contribution in [0.1, 0.15) is 0 Å². The van der Waals surface area contributed by atoms with Gasteiger partial charge in [0.25, 0.3) is 0 Å². The SMILES string of the molecule is c1ccc(-c2ccccc2-n2c3cc(-n4c5ccccc5c5cccc([Si](c6ccccc6)(c6ccccc6)c6ccccc6)c54)ccc3c3cccc(-c4ccccc4)c32)cc1. The lowest BCUT2D eigenvalue weighted by atomic mass is 10.0. The lowest BCUT2D eigenvalue weighted by Crippen LogP contribution is -2.75. The molecule has 0 bridgehead atoms. The van der Waals surface area contributed by atoms with Crippen molar-refractivity contribution in [3.63, 3.8) is 0 Å². The Morgan fingerprint density at radius 1 is 0.286 bits per heavy atom. The number of benzene rings is 10. The van der Waals surface area contributed by atoms with Gasteiger partial charge in [-0.25, -0.2) is 0 Å². The van der Waals surface area contributed by atoms with Gasteiger partial charge in [-0.15, -0.1) is 0 Å². The second-order valence-electron chi connectivity index (χ2n) is 16.4. The van der Waals surface area contributed by atoms with E-state index in [0.29, 0.717) is 0 Å². The van der Waals surface area contributed by atoms with Crippen LogP contribution in [0.5, 0.6) is 0 Å². The predicted octanol–water partition coefficient (Wildman–Crippen LogP) is 12.6. The van der Waals surface area contributed by atoms with E-state index in [1.165, 1.54) is 81.1 Å². The standard InChI is InChI=1S/C60H42N2Si/c1-6-22-43(23-7-1)49-32-16-18-37-55(49)62-57-42-45(40-41-52(57)53-35-20-34-50(59(53)62)44-24-8-2-9-25-44)61-56-38-19-17-33-51(56)54-36-21-39-58(60(54)61)63(46-26-10-3-11-27-46,47-28-12-4-13-29-47)48-30-14-5-15-31-48/h1-42H. The monoisotopic (exact) mass is 818 g/mol. The Labute approximate surface area is 368 Å². The van der Waals surface area contributed by atoms with Crippen LogP contribution < -0.4 is 20.7 Å². The first-order chi connectivity index (χ1) is 31.3. The van der Waals surface area contributed by atoms with Crippen LogP contribution in [0.4, 0.5) is 0 Å². The third-order valence-corrected chi connectivity index (χ3v) is 17.9. The van der Waals surface area contributed by atoms with Gasteiger partial charge in [-0.3, -0.25) is 0 Å². The molecule has 3 heteroatoms. The van der Waals surface area contributed by atoms with E-state index in [1.807, 2.05) is 0 Å². The molecule has 0 atom stereocenters. The van der Waals surface area contributed by atoms with E-state index < -0.39 is 8.07 Å². The molecule has 63 heavy (non-hydrogen) atoms. The average Bonchev–Trinajstić information content (AvgIpc) is 3.89. The third kappa shape index (κ3) is 5.78. The third-order valence-electron chi connectivity index (χ3n) is 13.1. The van der Waals surface area contributed by atoms with Crippen LogP contribution in [0.3, 0.4) is 0 Å². The Bertz CT molecular complexity index is 3500. The van der Waals surface area contributed by atoms with Crippen molar-refractivity contribution in [1.82, 2.24) is 9.13 Å². The molecule has 10 aromatic carbocycles. The minimum atomic E-state index is -2.95. The van der Waals surface area contributed by atoms with Gasteiger partial charge in [-0.05, 0) is 56.1 Å². The van der Waals surface area contributed by atoms with Crippen molar-refractivity contribution in [3.8, 4) is 33.6 Å². The highest BCUT2D eigenvalue weighted by molar-refractivity contribution is 7.20. The maximum Gasteiger partial charge on any atom is 0.181 e. The van der Waals surface area contributed by atoms with Crippen molar-refractivity contribution in [3.05, 3.63) is 255 Å². The highest BCUT2D eigenvalue weighted by atomic mass is 28.3. The first-order valence-electron chi connectivity index (χ1n) is 21.8. The summed E-state index contributed by atoms with van der Waals surface area (Å²) >= 11 is 0. The number of rotatable bonds is 8. The summed E-state index contributed by atoms with van der Waals surface area (Å²) in [6.07, 6.45) is 0. The normalized spacial score (nSPS) is 11.8. The van der Waals surface area contributed by atoms with Crippen LogP contribution in [0.2, 0.25) is 0 Å². The van der Waals surface area contributed by atoms with E-state index in [1.54, 1.807) is 0 Å². The lowest BCUT2D eigenvalue weighted by molar-refractivity contribution is 1.16. The number of para-hydroxylation sites is 4. The fourth-order valence-electron chi connectivity index (χ4n) is 10.4. The summed E-state index contributed by atoms with van der Waals surface area (Å²) in [4.78, 5) is 0. The molecule has 12 rings (SSSR count). The molecule has 2 aromatic heterocycles. The predicted molar refractivity (Wildman–Crippen MR) is 270 cm³/mol. The molecule has 2 heterocycles. The van der Waals surface area contributed by atoms with Gasteiger partial charge < -0.3 is 9.13 Å². The van der Waals surface area contributed by atoms with Gasteiger partial charge in [0.15, 0.2) is 8.07 Å². The Balaban J connectivity index is 1.23. The largest absolute Gasteiger partial charge is 0.309 e. The number of hydrogen-bond donors (Lipinski definition) is 0. The molecule has 0 unspecified atom stereocenters. The number of aromatic nitrogens is 2. The van der Waals surface area contributed by atoms with E-state index in [4.69, 9.17) is 0 Å². The topological polar surface area (TPSA) is 9.86 Å². The molecule has 0 radical (unpaired) electrons. The van der Waals surface area contributed by atoms with Gasteiger partial charge in [0.05, 0.1) is 27.8 Å². The summed E-state index contributed by atoms with van der Waals surface area (Å²) in [7, 11) is -2.95. The van der Waals surface area contributed by atoms with Crippen molar-refractivity contribution in [2.45, 2.75) is 0 Å². The van der Waals surface area contributed by atoms with E-state index >= 15 is 0 Å². The highest BCUT2D eigenvalue weighted by Crippen LogP contribution is 2.42. The van der Waals surface area contributed by atoms with Crippen molar-refractivity contribution in [1.29, 1.82) is 0 Å². The zero-order valence-corrected chi connectivity index (χ0v) is 35.6. The summed E-state index contributed by atoms with van der Waals surface area (Å²) in [5.41, 5.74) is 11.9. The van der Waals surface area contributed by atoms with Crippen LogP contribution in [-0.4, -0.2) is 17.2 Å². The molecule has 0 saturated heterocycles. The molecular weight excluding hydrogens is 777 g/mol. The van der Waals surface area contributed by atoms with Crippen LogP contribution in [0.15, 0.2) is 255 Å². The quantitative estimate of drug-likeness (QED) is 0.107. The summed E-state index contributed by atoms with van der Waals surface area (Å²) < 4.78 is 5.10. The highest BCUT2D eigenvalue weighted by Gasteiger charge is 2.43. The Morgan fingerprint density at radius 2 is 0.746 bits per heavy atom. The maximum absolute atomic E-state index is 2.95. The molecule has 0 aliphatic heterocycles. The maximum atomic E-state index is 2.57. The second-order valence-corrected chi connectivity index (χ2v) is 20.2. The number of hydrogen-bond acceptors (Lipinski definition) is 0. The van der Waals surface area contributed by atoms with E-state index in [9.17, 15) is 0 Å². The lowest BCUT2D eigenvalue weighted by Gasteiger charge is -2.35. The van der Waals surface area contributed by atoms with E-state index in [2.05, 4.69) is 264 Å². The van der Waals surface area contributed by atoms with Gasteiger partial charge >= 0.3 is 0 Å².